The zero-order chi connectivity index (χ0) is 35.6. The van der Waals surface area contributed by atoms with Crippen molar-refractivity contribution in [3.63, 3.8) is 0 Å². The van der Waals surface area contributed by atoms with Crippen molar-refractivity contribution in [1.82, 2.24) is 29.8 Å². The van der Waals surface area contributed by atoms with Crippen molar-refractivity contribution in [3.8, 4) is 22.6 Å². The molecule has 2 aliphatic rings. The minimum atomic E-state index is -0.924. The number of fused-ring (bicyclic) bond motifs is 1. The van der Waals surface area contributed by atoms with Gasteiger partial charge in [0, 0.05) is 74.5 Å². The summed E-state index contributed by atoms with van der Waals surface area (Å²) >= 11 is 0. The Balaban J connectivity index is 1.22. The van der Waals surface area contributed by atoms with Gasteiger partial charge in [0.25, 0.3) is 5.91 Å². The quantitative estimate of drug-likeness (QED) is 0.216. The normalized spacial score (nSPS) is 14.9. The number of halogens is 3. The van der Waals surface area contributed by atoms with E-state index >= 15 is 8.78 Å². The number of ether oxygens (including phenoxy) is 2. The monoisotopic (exact) mass is 699 g/mol. The van der Waals surface area contributed by atoms with Crippen molar-refractivity contribution in [2.24, 2.45) is 0 Å². The summed E-state index contributed by atoms with van der Waals surface area (Å²) in [6.07, 6.45) is 5.71. The van der Waals surface area contributed by atoms with Crippen molar-refractivity contribution < 1.29 is 32.2 Å². The maximum Gasteiger partial charge on any atom is 0.270 e. The number of nitrogens with one attached hydrogen (secondary N) is 1. The summed E-state index contributed by atoms with van der Waals surface area (Å²) in [5.74, 6) is -2.37. The average Bonchev–Trinajstić information content (AvgIpc) is 3.85. The number of piperazine rings is 1. The minimum absolute atomic E-state index is 0.000706. The Labute approximate surface area is 291 Å². The van der Waals surface area contributed by atoms with Crippen LogP contribution in [0.2, 0.25) is 0 Å². The van der Waals surface area contributed by atoms with Gasteiger partial charge in [-0.05, 0) is 47.9 Å². The third-order valence-electron chi connectivity index (χ3n) is 9.45. The van der Waals surface area contributed by atoms with Crippen molar-refractivity contribution >= 4 is 34.0 Å². The summed E-state index contributed by atoms with van der Waals surface area (Å²) in [4.78, 5) is 35.5. The number of hydrogen-bond donors (Lipinski definition) is 1. The summed E-state index contributed by atoms with van der Waals surface area (Å²) in [7, 11) is 2.88. The molecule has 5 aromatic rings. The van der Waals surface area contributed by atoms with E-state index in [1.54, 1.807) is 27.8 Å². The second-order valence-electron chi connectivity index (χ2n) is 12.4. The molecule has 264 valence electrons. The van der Waals surface area contributed by atoms with Crippen LogP contribution in [0.3, 0.4) is 0 Å². The van der Waals surface area contributed by atoms with Crippen LogP contribution in [0.1, 0.15) is 28.9 Å². The van der Waals surface area contributed by atoms with Crippen LogP contribution in [0, 0.1) is 17.5 Å². The number of methoxy groups -OCH3 is 2. The first-order valence-electron chi connectivity index (χ1n) is 16.6. The van der Waals surface area contributed by atoms with E-state index < -0.39 is 17.5 Å². The maximum absolute atomic E-state index is 16.7. The second kappa shape index (κ2) is 14.2. The molecule has 0 unspecified atom stereocenters. The van der Waals surface area contributed by atoms with Gasteiger partial charge in [0.2, 0.25) is 5.91 Å². The standard InChI is InChI=1S/C37H36F3N7O4/c1-50-32-8-4-3-7-31(32)44-14-16-45(17-15-44)37(49)30-21-27-26(28-18-24(38)19-29(39)36(28)51-2)20-25(34(40)35(27)42-30)23-6-5-11-46(22-23)33(48)9-12-47-13-10-41-43-47/h3-4,6-8,10,13,18-21,42H,5,9,11-12,14-17,22H2,1-2H3. The number of aromatic amines is 1. The first-order chi connectivity index (χ1) is 24.7. The Hall–Kier alpha value is -5.79. The Kier molecular flexibility index (Phi) is 9.39. The number of H-pyrrole nitrogens is 1. The van der Waals surface area contributed by atoms with Crippen LogP contribution in [0.5, 0.6) is 11.5 Å². The van der Waals surface area contributed by atoms with Crippen LogP contribution in [0.15, 0.2) is 67.0 Å². The summed E-state index contributed by atoms with van der Waals surface area (Å²) < 4.78 is 58.9. The highest BCUT2D eigenvalue weighted by molar-refractivity contribution is 6.05. The average molecular weight is 700 g/mol. The van der Waals surface area contributed by atoms with Crippen LogP contribution in [-0.4, -0.2) is 95.1 Å². The van der Waals surface area contributed by atoms with Gasteiger partial charge in [0.1, 0.15) is 17.3 Å². The molecular weight excluding hydrogens is 663 g/mol. The fourth-order valence-electron chi connectivity index (χ4n) is 6.88. The van der Waals surface area contributed by atoms with Gasteiger partial charge in [0.05, 0.1) is 38.2 Å². The Morgan fingerprint density at radius 3 is 2.45 bits per heavy atom. The molecule has 0 radical (unpaired) electrons. The van der Waals surface area contributed by atoms with Gasteiger partial charge >= 0.3 is 0 Å². The number of nitrogens with zero attached hydrogens (tertiary/aromatic N) is 6. The van der Waals surface area contributed by atoms with Gasteiger partial charge in [-0.1, -0.05) is 23.4 Å². The van der Waals surface area contributed by atoms with Crippen LogP contribution < -0.4 is 14.4 Å². The number of aryl methyl sites for hydroxylation is 1. The van der Waals surface area contributed by atoms with E-state index in [2.05, 4.69) is 20.2 Å². The van der Waals surface area contributed by atoms with Crippen LogP contribution in [0.4, 0.5) is 18.9 Å². The van der Waals surface area contributed by atoms with E-state index in [9.17, 15) is 14.0 Å². The topological polar surface area (TPSA) is 109 Å². The molecule has 1 fully saturated rings. The Morgan fingerprint density at radius 1 is 0.902 bits per heavy atom. The lowest BCUT2D eigenvalue weighted by Crippen LogP contribution is -2.49. The summed E-state index contributed by atoms with van der Waals surface area (Å²) in [6, 6.07) is 12.5. The van der Waals surface area contributed by atoms with E-state index in [-0.39, 0.29) is 63.8 Å². The van der Waals surface area contributed by atoms with E-state index in [1.165, 1.54) is 25.4 Å². The number of benzene rings is 3. The highest BCUT2D eigenvalue weighted by atomic mass is 19.1. The summed E-state index contributed by atoms with van der Waals surface area (Å²) in [5.41, 5.74) is 2.06. The van der Waals surface area contributed by atoms with E-state index in [0.29, 0.717) is 57.3 Å². The largest absolute Gasteiger partial charge is 0.495 e. The fraction of sp³-hybridized carbons (Fsp3) is 0.297. The zero-order valence-electron chi connectivity index (χ0n) is 28.2. The zero-order valence-corrected chi connectivity index (χ0v) is 28.2. The summed E-state index contributed by atoms with van der Waals surface area (Å²) in [6.45, 7) is 2.84. The van der Waals surface area contributed by atoms with Gasteiger partial charge in [-0.15, -0.1) is 5.10 Å². The van der Waals surface area contributed by atoms with Crippen molar-refractivity contribution in [3.05, 3.63) is 95.7 Å². The van der Waals surface area contributed by atoms with Crippen molar-refractivity contribution in [2.75, 3.05) is 58.4 Å². The lowest BCUT2D eigenvalue weighted by Gasteiger charge is -2.36. The molecule has 14 heteroatoms. The molecule has 1 N–H and O–H groups in total. The molecule has 0 saturated carbocycles. The van der Waals surface area contributed by atoms with Gasteiger partial charge < -0.3 is 29.2 Å². The van der Waals surface area contributed by atoms with E-state index in [0.717, 1.165) is 17.5 Å². The predicted molar refractivity (Wildman–Crippen MR) is 185 cm³/mol. The van der Waals surface area contributed by atoms with Crippen molar-refractivity contribution in [2.45, 2.75) is 19.4 Å². The number of hydrogen-bond acceptors (Lipinski definition) is 7. The van der Waals surface area contributed by atoms with Gasteiger partial charge in [-0.3, -0.25) is 14.3 Å². The summed E-state index contributed by atoms with van der Waals surface area (Å²) in [5, 5.41) is 7.92. The van der Waals surface area contributed by atoms with Gasteiger partial charge in [0.15, 0.2) is 17.4 Å². The van der Waals surface area contributed by atoms with E-state index in [1.807, 2.05) is 30.3 Å². The number of amides is 2. The van der Waals surface area contributed by atoms with Crippen LogP contribution in [0.25, 0.3) is 27.6 Å². The highest BCUT2D eigenvalue weighted by Crippen LogP contribution is 2.41. The SMILES string of the molecule is COc1ccccc1N1CCN(C(=O)c2cc3c(-c4cc(F)cc(F)c4OC)cc(C4=CCCN(C(=O)CCn5ccnn5)C4)c(F)c3[nH]2)CC1. The molecule has 0 bridgehead atoms. The van der Waals surface area contributed by atoms with Gasteiger partial charge in [-0.2, -0.15) is 0 Å². The Bertz CT molecular complexity index is 2120. The number of para-hydroxylation sites is 2. The molecule has 11 nitrogen and oxygen atoms in total. The highest BCUT2D eigenvalue weighted by Gasteiger charge is 2.29. The lowest BCUT2D eigenvalue weighted by atomic mass is 9.92. The van der Waals surface area contributed by atoms with Gasteiger partial charge in [-0.25, -0.2) is 13.2 Å². The molecule has 4 heterocycles. The van der Waals surface area contributed by atoms with E-state index in [4.69, 9.17) is 9.47 Å². The lowest BCUT2D eigenvalue weighted by molar-refractivity contribution is -0.131. The molecule has 0 spiro atoms. The Morgan fingerprint density at radius 2 is 1.71 bits per heavy atom. The molecule has 1 saturated heterocycles. The third kappa shape index (κ3) is 6.60. The molecule has 3 aromatic carbocycles. The van der Waals surface area contributed by atoms with Crippen LogP contribution >= 0.6 is 0 Å². The first kappa shape index (κ1) is 33.7. The number of anilines is 1. The maximum atomic E-state index is 16.7. The predicted octanol–water partition coefficient (Wildman–Crippen LogP) is 5.53. The van der Waals surface area contributed by atoms with Crippen molar-refractivity contribution in [1.29, 1.82) is 0 Å². The molecule has 0 aliphatic carbocycles. The number of carbonyl (C=O) groups is 2. The second-order valence-corrected chi connectivity index (χ2v) is 12.4. The minimum Gasteiger partial charge on any atom is -0.495 e. The number of carbonyl (C=O) groups excluding carboxylic acids is 2. The number of rotatable bonds is 9. The third-order valence-corrected chi connectivity index (χ3v) is 9.45. The van der Waals surface area contributed by atoms with Crippen LogP contribution in [-0.2, 0) is 11.3 Å². The molecule has 2 aromatic heterocycles. The molecular formula is C37H36F3N7O4. The first-order valence-corrected chi connectivity index (χ1v) is 16.6. The molecule has 51 heavy (non-hydrogen) atoms. The smallest absolute Gasteiger partial charge is 0.270 e. The molecule has 7 rings (SSSR count). The fourth-order valence-corrected chi connectivity index (χ4v) is 6.88. The number of aromatic nitrogens is 4. The molecule has 2 aliphatic heterocycles. The molecule has 2 amide bonds. The molecule has 0 atom stereocenters.